The first-order valence-corrected chi connectivity index (χ1v) is 7.64. The van der Waals surface area contributed by atoms with E-state index in [9.17, 15) is 4.79 Å². The van der Waals surface area contributed by atoms with Crippen LogP contribution in [0.3, 0.4) is 0 Å². The summed E-state index contributed by atoms with van der Waals surface area (Å²) in [6.07, 6.45) is 0. The molecule has 1 amide bonds. The summed E-state index contributed by atoms with van der Waals surface area (Å²) in [6, 6.07) is 12.4. The molecule has 3 rings (SSSR count). The van der Waals surface area contributed by atoms with Crippen molar-refractivity contribution in [3.63, 3.8) is 0 Å². The van der Waals surface area contributed by atoms with Gasteiger partial charge < -0.3 is 19.8 Å². The number of fused-ring (bicyclic) bond motifs is 1. The molecule has 0 saturated heterocycles. The molecule has 0 fully saturated rings. The van der Waals surface area contributed by atoms with Gasteiger partial charge in [0.1, 0.15) is 17.3 Å². The van der Waals surface area contributed by atoms with E-state index in [0.29, 0.717) is 17.3 Å². The number of carbonyl (C=O) groups is 1. The van der Waals surface area contributed by atoms with Crippen LogP contribution in [-0.2, 0) is 4.79 Å². The summed E-state index contributed by atoms with van der Waals surface area (Å²) < 4.78 is 10.6. The number of methoxy groups -OCH3 is 1. The number of rotatable bonds is 5. The summed E-state index contributed by atoms with van der Waals surface area (Å²) >= 11 is 0. The molecule has 2 aromatic carbocycles. The largest absolute Gasteiger partial charge is 0.497 e. The van der Waals surface area contributed by atoms with Gasteiger partial charge in [-0.3, -0.25) is 4.79 Å². The van der Waals surface area contributed by atoms with Crippen LogP contribution in [0.1, 0.15) is 12.8 Å². The van der Waals surface area contributed by atoms with Gasteiger partial charge in [-0.1, -0.05) is 6.07 Å². The molecular formula is C18H19N3O3. The van der Waals surface area contributed by atoms with Gasteiger partial charge in [-0.15, -0.1) is 0 Å². The highest BCUT2D eigenvalue weighted by Crippen LogP contribution is 2.21. The topological polar surface area (TPSA) is 76.4 Å². The first-order valence-electron chi connectivity index (χ1n) is 7.64. The number of oxazole rings is 1. The quantitative estimate of drug-likeness (QED) is 0.750. The van der Waals surface area contributed by atoms with E-state index in [1.165, 1.54) is 0 Å². The molecule has 1 aromatic heterocycles. The first kappa shape index (κ1) is 15.9. The summed E-state index contributed by atoms with van der Waals surface area (Å²) in [6.45, 7) is 3.60. The smallest absolute Gasteiger partial charge is 0.246 e. The number of benzene rings is 2. The van der Waals surface area contributed by atoms with Crippen LogP contribution in [0.2, 0.25) is 0 Å². The second-order valence-corrected chi connectivity index (χ2v) is 5.50. The summed E-state index contributed by atoms with van der Waals surface area (Å²) in [4.78, 5) is 16.6. The Morgan fingerprint density at radius 1 is 1.21 bits per heavy atom. The fourth-order valence-electron chi connectivity index (χ4n) is 2.40. The summed E-state index contributed by atoms with van der Waals surface area (Å²) in [5.74, 6) is 1.17. The third-order valence-corrected chi connectivity index (χ3v) is 3.61. The predicted molar refractivity (Wildman–Crippen MR) is 93.5 cm³/mol. The number of amides is 1. The van der Waals surface area contributed by atoms with Gasteiger partial charge in [-0.25, -0.2) is 4.98 Å². The standard InChI is InChI=1S/C18H19N3O3/c1-11(18(22)21-13-5-4-6-15(9-13)23-3)19-14-7-8-17-16(10-14)20-12(2)24-17/h4-11,19H,1-3H3,(H,21,22)/t11-/m0/s1. The van der Waals surface area contributed by atoms with Crippen molar-refractivity contribution in [1.82, 2.24) is 4.98 Å². The molecule has 0 aliphatic rings. The molecule has 124 valence electrons. The van der Waals surface area contributed by atoms with Gasteiger partial charge in [0.15, 0.2) is 11.5 Å². The average molecular weight is 325 g/mol. The fraction of sp³-hybridized carbons (Fsp3) is 0.222. The van der Waals surface area contributed by atoms with Gasteiger partial charge in [0.25, 0.3) is 0 Å². The molecule has 0 aliphatic carbocycles. The molecule has 0 aliphatic heterocycles. The van der Waals surface area contributed by atoms with Crippen molar-refractivity contribution >= 4 is 28.4 Å². The van der Waals surface area contributed by atoms with Crippen LogP contribution in [-0.4, -0.2) is 24.0 Å². The van der Waals surface area contributed by atoms with Crippen molar-refractivity contribution < 1.29 is 13.9 Å². The molecule has 0 radical (unpaired) electrons. The van der Waals surface area contributed by atoms with Crippen LogP contribution in [0.25, 0.3) is 11.1 Å². The van der Waals surface area contributed by atoms with Crippen molar-refractivity contribution in [2.75, 3.05) is 17.7 Å². The lowest BCUT2D eigenvalue weighted by Crippen LogP contribution is -2.31. The Hall–Kier alpha value is -3.02. The minimum Gasteiger partial charge on any atom is -0.497 e. The third kappa shape index (κ3) is 3.48. The molecule has 0 spiro atoms. The third-order valence-electron chi connectivity index (χ3n) is 3.61. The molecule has 6 heteroatoms. The molecule has 0 saturated carbocycles. The molecule has 0 bridgehead atoms. The van der Waals surface area contributed by atoms with E-state index in [4.69, 9.17) is 9.15 Å². The zero-order valence-electron chi connectivity index (χ0n) is 13.8. The number of hydrogen-bond acceptors (Lipinski definition) is 5. The lowest BCUT2D eigenvalue weighted by Gasteiger charge is -2.15. The second-order valence-electron chi connectivity index (χ2n) is 5.50. The van der Waals surface area contributed by atoms with E-state index in [1.807, 2.05) is 36.4 Å². The Bertz CT molecular complexity index is 873. The number of aryl methyl sites for hydroxylation is 1. The number of aromatic nitrogens is 1. The van der Waals surface area contributed by atoms with Crippen molar-refractivity contribution in [3.05, 3.63) is 48.4 Å². The lowest BCUT2D eigenvalue weighted by molar-refractivity contribution is -0.116. The van der Waals surface area contributed by atoms with E-state index >= 15 is 0 Å². The number of hydrogen-bond donors (Lipinski definition) is 2. The highest BCUT2D eigenvalue weighted by atomic mass is 16.5. The summed E-state index contributed by atoms with van der Waals surface area (Å²) in [5, 5.41) is 6.03. The van der Waals surface area contributed by atoms with Gasteiger partial charge >= 0.3 is 0 Å². The van der Waals surface area contributed by atoms with Gasteiger partial charge in [-0.05, 0) is 37.3 Å². The van der Waals surface area contributed by atoms with Gasteiger partial charge in [0.05, 0.1) is 7.11 Å². The number of ether oxygens (including phenoxy) is 1. The minimum atomic E-state index is -0.415. The molecule has 6 nitrogen and oxygen atoms in total. The van der Waals surface area contributed by atoms with Crippen LogP contribution < -0.4 is 15.4 Å². The fourth-order valence-corrected chi connectivity index (χ4v) is 2.40. The van der Waals surface area contributed by atoms with Crippen molar-refractivity contribution in [2.24, 2.45) is 0 Å². The van der Waals surface area contributed by atoms with Crippen LogP contribution in [0.4, 0.5) is 11.4 Å². The average Bonchev–Trinajstić information content (AvgIpc) is 2.94. The Morgan fingerprint density at radius 3 is 2.83 bits per heavy atom. The van der Waals surface area contributed by atoms with Gasteiger partial charge in [-0.2, -0.15) is 0 Å². The molecule has 1 atom stereocenters. The number of nitrogens with zero attached hydrogens (tertiary/aromatic N) is 1. The Balaban J connectivity index is 1.68. The molecular weight excluding hydrogens is 306 g/mol. The number of nitrogens with one attached hydrogen (secondary N) is 2. The predicted octanol–water partition coefficient (Wildman–Crippen LogP) is 3.58. The zero-order chi connectivity index (χ0) is 17.1. The molecule has 2 N–H and O–H groups in total. The van der Waals surface area contributed by atoms with Crippen molar-refractivity contribution in [2.45, 2.75) is 19.9 Å². The van der Waals surface area contributed by atoms with Crippen LogP contribution in [0, 0.1) is 6.92 Å². The monoisotopic (exact) mass is 325 g/mol. The summed E-state index contributed by atoms with van der Waals surface area (Å²) in [5.41, 5.74) is 2.99. The van der Waals surface area contributed by atoms with Gasteiger partial charge in [0, 0.05) is 24.4 Å². The SMILES string of the molecule is COc1cccc(NC(=O)[C@H](C)Nc2ccc3oc(C)nc3c2)c1. The number of anilines is 2. The Kier molecular flexibility index (Phi) is 4.37. The molecule has 1 heterocycles. The van der Waals surface area contributed by atoms with Crippen LogP contribution >= 0.6 is 0 Å². The lowest BCUT2D eigenvalue weighted by atomic mass is 10.2. The van der Waals surface area contributed by atoms with Crippen LogP contribution in [0.15, 0.2) is 46.9 Å². The van der Waals surface area contributed by atoms with E-state index in [2.05, 4.69) is 15.6 Å². The Morgan fingerprint density at radius 2 is 2.04 bits per heavy atom. The van der Waals surface area contributed by atoms with E-state index in [-0.39, 0.29) is 5.91 Å². The van der Waals surface area contributed by atoms with E-state index in [0.717, 1.165) is 16.8 Å². The highest BCUT2D eigenvalue weighted by molar-refractivity contribution is 5.96. The van der Waals surface area contributed by atoms with Gasteiger partial charge in [0.2, 0.25) is 5.91 Å². The maximum atomic E-state index is 12.3. The molecule has 0 unspecified atom stereocenters. The molecule has 3 aromatic rings. The minimum absolute atomic E-state index is 0.139. The first-order chi connectivity index (χ1) is 11.5. The highest BCUT2D eigenvalue weighted by Gasteiger charge is 2.14. The Labute approximate surface area is 139 Å². The maximum Gasteiger partial charge on any atom is 0.246 e. The van der Waals surface area contributed by atoms with Crippen molar-refractivity contribution in [3.8, 4) is 5.75 Å². The van der Waals surface area contributed by atoms with Crippen molar-refractivity contribution in [1.29, 1.82) is 0 Å². The normalized spacial score (nSPS) is 12.0. The molecule has 24 heavy (non-hydrogen) atoms. The maximum absolute atomic E-state index is 12.3. The second kappa shape index (κ2) is 6.62. The van der Waals surface area contributed by atoms with E-state index < -0.39 is 6.04 Å². The van der Waals surface area contributed by atoms with E-state index in [1.54, 1.807) is 27.0 Å². The van der Waals surface area contributed by atoms with Crippen LogP contribution in [0.5, 0.6) is 5.75 Å². The zero-order valence-corrected chi connectivity index (χ0v) is 13.8. The summed E-state index contributed by atoms with van der Waals surface area (Å²) in [7, 11) is 1.59. The number of carbonyl (C=O) groups excluding carboxylic acids is 1.